The predicted octanol–water partition coefficient (Wildman–Crippen LogP) is 3.85. The molecule has 0 radical (unpaired) electrons. The van der Waals surface area contributed by atoms with E-state index in [9.17, 15) is 0 Å². The average Bonchev–Trinajstić information content (AvgIpc) is 2.46. The quantitative estimate of drug-likeness (QED) is 0.855. The lowest BCUT2D eigenvalue weighted by molar-refractivity contribution is 0.161. The standard InChI is InChI=1S/C19H32N2/c1-15(2)13-17-5-7-18(8-6-17)14-20-19-9-11-21(12-10-19)16(3)4/h5-8,15-16,19-20H,9-14H2,1-4H3. The summed E-state index contributed by atoms with van der Waals surface area (Å²) in [5.41, 5.74) is 2.87. The molecule has 2 heteroatoms. The maximum atomic E-state index is 3.73. The number of hydrogen-bond acceptors (Lipinski definition) is 2. The highest BCUT2D eigenvalue weighted by Crippen LogP contribution is 2.14. The van der Waals surface area contributed by atoms with E-state index in [4.69, 9.17) is 0 Å². The fourth-order valence-corrected chi connectivity index (χ4v) is 3.15. The Morgan fingerprint density at radius 3 is 2.10 bits per heavy atom. The minimum absolute atomic E-state index is 0.690. The highest BCUT2D eigenvalue weighted by Gasteiger charge is 2.20. The average molecular weight is 288 g/mol. The normalized spacial score (nSPS) is 17.8. The van der Waals surface area contributed by atoms with Crippen molar-refractivity contribution in [1.29, 1.82) is 0 Å². The van der Waals surface area contributed by atoms with Crippen LogP contribution in [0.2, 0.25) is 0 Å². The number of benzene rings is 1. The lowest BCUT2D eigenvalue weighted by Crippen LogP contribution is -2.44. The number of nitrogens with zero attached hydrogens (tertiary/aromatic N) is 1. The molecule has 1 aliphatic rings. The van der Waals surface area contributed by atoms with Gasteiger partial charge in [0.1, 0.15) is 0 Å². The molecule has 0 aromatic heterocycles. The molecule has 0 bridgehead atoms. The zero-order valence-corrected chi connectivity index (χ0v) is 14.2. The molecular weight excluding hydrogens is 256 g/mol. The van der Waals surface area contributed by atoms with E-state index in [0.29, 0.717) is 12.1 Å². The predicted molar refractivity (Wildman–Crippen MR) is 91.6 cm³/mol. The molecule has 1 N–H and O–H groups in total. The number of piperidine rings is 1. The number of rotatable bonds is 6. The van der Waals surface area contributed by atoms with Crippen molar-refractivity contribution >= 4 is 0 Å². The van der Waals surface area contributed by atoms with Gasteiger partial charge in [0, 0.05) is 18.6 Å². The molecule has 1 aromatic carbocycles. The van der Waals surface area contributed by atoms with Crippen LogP contribution in [0.25, 0.3) is 0 Å². The molecule has 0 amide bonds. The van der Waals surface area contributed by atoms with Gasteiger partial charge >= 0.3 is 0 Å². The Balaban J connectivity index is 1.74. The van der Waals surface area contributed by atoms with Gasteiger partial charge in [0.15, 0.2) is 0 Å². The summed E-state index contributed by atoms with van der Waals surface area (Å²) in [6.07, 6.45) is 3.74. The van der Waals surface area contributed by atoms with Crippen LogP contribution in [0.4, 0.5) is 0 Å². The van der Waals surface area contributed by atoms with Gasteiger partial charge in [-0.3, -0.25) is 0 Å². The summed E-state index contributed by atoms with van der Waals surface area (Å²) >= 11 is 0. The molecule has 0 saturated carbocycles. The van der Waals surface area contributed by atoms with Crippen molar-refractivity contribution in [3.05, 3.63) is 35.4 Å². The topological polar surface area (TPSA) is 15.3 Å². The first-order chi connectivity index (χ1) is 10.0. The Morgan fingerprint density at radius 2 is 1.57 bits per heavy atom. The second-order valence-corrected chi connectivity index (χ2v) is 7.20. The Bertz CT molecular complexity index is 400. The minimum Gasteiger partial charge on any atom is -0.310 e. The number of likely N-dealkylation sites (tertiary alicyclic amines) is 1. The molecule has 21 heavy (non-hydrogen) atoms. The van der Waals surface area contributed by atoms with Crippen LogP contribution in [-0.4, -0.2) is 30.1 Å². The van der Waals surface area contributed by atoms with Crippen LogP contribution < -0.4 is 5.32 Å². The van der Waals surface area contributed by atoms with E-state index >= 15 is 0 Å². The van der Waals surface area contributed by atoms with Crippen LogP contribution in [0.15, 0.2) is 24.3 Å². The van der Waals surface area contributed by atoms with Crippen molar-refractivity contribution in [2.75, 3.05) is 13.1 Å². The summed E-state index contributed by atoms with van der Waals surface area (Å²) in [4.78, 5) is 2.58. The van der Waals surface area contributed by atoms with E-state index in [0.717, 1.165) is 12.5 Å². The lowest BCUT2D eigenvalue weighted by Gasteiger charge is -2.35. The highest BCUT2D eigenvalue weighted by atomic mass is 15.2. The van der Waals surface area contributed by atoms with E-state index in [1.165, 1.54) is 43.5 Å². The van der Waals surface area contributed by atoms with Crippen molar-refractivity contribution in [3.8, 4) is 0 Å². The first-order valence-electron chi connectivity index (χ1n) is 8.60. The van der Waals surface area contributed by atoms with Gasteiger partial charge in [-0.1, -0.05) is 38.1 Å². The Labute approximate surface area is 130 Å². The minimum atomic E-state index is 0.690. The third-order valence-corrected chi connectivity index (χ3v) is 4.52. The number of nitrogens with one attached hydrogen (secondary N) is 1. The Morgan fingerprint density at radius 1 is 1.00 bits per heavy atom. The largest absolute Gasteiger partial charge is 0.310 e. The summed E-state index contributed by atoms with van der Waals surface area (Å²) in [5, 5.41) is 3.73. The summed E-state index contributed by atoms with van der Waals surface area (Å²) in [6.45, 7) is 12.6. The summed E-state index contributed by atoms with van der Waals surface area (Å²) in [5.74, 6) is 0.736. The zero-order chi connectivity index (χ0) is 15.2. The first-order valence-corrected chi connectivity index (χ1v) is 8.60. The zero-order valence-electron chi connectivity index (χ0n) is 14.2. The summed E-state index contributed by atoms with van der Waals surface area (Å²) < 4.78 is 0. The smallest absolute Gasteiger partial charge is 0.0208 e. The van der Waals surface area contributed by atoms with Crippen molar-refractivity contribution < 1.29 is 0 Å². The highest BCUT2D eigenvalue weighted by molar-refractivity contribution is 5.22. The molecule has 1 heterocycles. The summed E-state index contributed by atoms with van der Waals surface area (Å²) in [7, 11) is 0. The first kappa shape index (κ1) is 16.5. The SMILES string of the molecule is CC(C)Cc1ccc(CNC2CCN(C(C)C)CC2)cc1. The van der Waals surface area contributed by atoms with E-state index in [2.05, 4.69) is 62.2 Å². The van der Waals surface area contributed by atoms with Crippen LogP contribution in [0.1, 0.15) is 51.7 Å². The van der Waals surface area contributed by atoms with Gasteiger partial charge < -0.3 is 10.2 Å². The molecule has 1 aliphatic heterocycles. The van der Waals surface area contributed by atoms with E-state index in [-0.39, 0.29) is 0 Å². The van der Waals surface area contributed by atoms with E-state index in [1.54, 1.807) is 0 Å². The van der Waals surface area contributed by atoms with Crippen LogP contribution in [0.3, 0.4) is 0 Å². The van der Waals surface area contributed by atoms with Crippen LogP contribution in [-0.2, 0) is 13.0 Å². The number of hydrogen-bond donors (Lipinski definition) is 1. The molecule has 0 atom stereocenters. The van der Waals surface area contributed by atoms with Crippen molar-refractivity contribution in [1.82, 2.24) is 10.2 Å². The van der Waals surface area contributed by atoms with Gasteiger partial charge in [0.25, 0.3) is 0 Å². The molecule has 1 fully saturated rings. The molecule has 1 aromatic rings. The molecule has 118 valence electrons. The molecule has 0 spiro atoms. The van der Waals surface area contributed by atoms with Gasteiger partial charge in [0.2, 0.25) is 0 Å². The maximum absolute atomic E-state index is 3.73. The second kappa shape index (κ2) is 7.95. The monoisotopic (exact) mass is 288 g/mol. The summed E-state index contributed by atoms with van der Waals surface area (Å²) in [6, 6.07) is 10.5. The lowest BCUT2D eigenvalue weighted by atomic mass is 10.0. The molecule has 0 aliphatic carbocycles. The fraction of sp³-hybridized carbons (Fsp3) is 0.684. The molecular formula is C19H32N2. The second-order valence-electron chi connectivity index (χ2n) is 7.20. The van der Waals surface area contributed by atoms with Crippen LogP contribution in [0.5, 0.6) is 0 Å². The van der Waals surface area contributed by atoms with Crippen LogP contribution >= 0.6 is 0 Å². The van der Waals surface area contributed by atoms with E-state index < -0.39 is 0 Å². The van der Waals surface area contributed by atoms with Gasteiger partial charge in [0.05, 0.1) is 0 Å². The van der Waals surface area contributed by atoms with Crippen molar-refractivity contribution in [2.45, 2.75) is 65.6 Å². The van der Waals surface area contributed by atoms with E-state index in [1.807, 2.05) is 0 Å². The van der Waals surface area contributed by atoms with Crippen LogP contribution in [0, 0.1) is 5.92 Å². The molecule has 2 rings (SSSR count). The molecule has 0 unspecified atom stereocenters. The fourth-order valence-electron chi connectivity index (χ4n) is 3.15. The third-order valence-electron chi connectivity index (χ3n) is 4.52. The van der Waals surface area contributed by atoms with Gasteiger partial charge in [-0.05, 0) is 63.2 Å². The van der Waals surface area contributed by atoms with Gasteiger partial charge in [-0.15, -0.1) is 0 Å². The molecule has 1 saturated heterocycles. The molecule has 2 nitrogen and oxygen atoms in total. The Kier molecular flexibility index (Phi) is 6.25. The third kappa shape index (κ3) is 5.44. The van der Waals surface area contributed by atoms with Gasteiger partial charge in [-0.2, -0.15) is 0 Å². The maximum Gasteiger partial charge on any atom is 0.0208 e. The van der Waals surface area contributed by atoms with Crippen molar-refractivity contribution in [2.24, 2.45) is 5.92 Å². The van der Waals surface area contributed by atoms with Crippen molar-refractivity contribution in [3.63, 3.8) is 0 Å². The van der Waals surface area contributed by atoms with Gasteiger partial charge in [-0.25, -0.2) is 0 Å². The Hall–Kier alpha value is -0.860.